The standard InChI is InChI=1S/C22H25OP.2C21H23OP.C20H21OP.C19H19OP/c1-2-3-19-24(23,20-13-7-4-8-14-20,21-15-9-5-10-16-21)22-17-11-6-12-18-22;1-18(2)23(22,19-12-6-3-7-13-19,20-14-8-4-9-15-20)21-16-10-5-11-17-21;1-2-18-23(22,19-12-6-3-7-13-19,20-14-8-4-9-15-20)21-16-10-5-11-17-21;1-2-22(21,18-12-6-3-7-13-18,19-14-8-4-9-15-19)20-16-10-5-11-17-20;1-21(20,17-11-5-2-6-12-17,18-13-7-3-8-14-18)19-15-9-4-10-16-19/h4-18,23H,2-3,19H2,1H3;3-18,22H,1-2H3;3-17,22H,2,18H2,1H3;3-17,21H,2H2,1H3;2-16,20H,1H3. The Balaban J connectivity index is 0.000000140. The fourth-order valence-corrected chi connectivity index (χ4v) is 39.7. The van der Waals surface area contributed by atoms with E-state index in [1.807, 2.05) is 316 Å². The summed E-state index contributed by atoms with van der Waals surface area (Å²) in [5.41, 5.74) is 0.0770. The van der Waals surface area contributed by atoms with Crippen molar-refractivity contribution in [3.05, 3.63) is 455 Å². The van der Waals surface area contributed by atoms with Crippen LogP contribution in [-0.4, -0.2) is 55.3 Å². The molecule has 0 aromatic heterocycles. The van der Waals surface area contributed by atoms with Crippen LogP contribution in [0.15, 0.2) is 455 Å². The van der Waals surface area contributed by atoms with Gasteiger partial charge in [-0.1, -0.05) is 0 Å². The minimum absolute atomic E-state index is 0.0770. The molecule has 0 unspecified atom stereocenters. The molecule has 0 bridgehead atoms. The van der Waals surface area contributed by atoms with Gasteiger partial charge in [0.2, 0.25) is 0 Å². The molecule has 113 heavy (non-hydrogen) atoms. The molecule has 10 heteroatoms. The number of unbranched alkanes of at least 4 members (excludes halogenated alkanes) is 1. The van der Waals surface area contributed by atoms with Crippen molar-refractivity contribution < 1.29 is 24.5 Å². The minimum atomic E-state index is -3.51. The summed E-state index contributed by atoms with van der Waals surface area (Å²) >= 11 is 0. The van der Waals surface area contributed by atoms with Gasteiger partial charge < -0.3 is 0 Å². The SMILES string of the molecule is CC(C)P(O)(c1ccccc1)(c1ccccc1)c1ccccc1.CCCCP(O)(c1ccccc1)(c1ccccc1)c1ccccc1.CCCP(O)(c1ccccc1)(c1ccccc1)c1ccccc1.CCP(O)(c1ccccc1)(c1ccccc1)c1ccccc1.CP(O)(c1ccccc1)(c1ccccc1)c1ccccc1. The first-order chi connectivity index (χ1) is 54.8. The van der Waals surface area contributed by atoms with Crippen molar-refractivity contribution in [1.29, 1.82) is 0 Å². The zero-order chi connectivity index (χ0) is 79.7. The Morgan fingerprint density at radius 2 is 0.345 bits per heavy atom. The molecule has 0 fully saturated rings. The van der Waals surface area contributed by atoms with Crippen LogP contribution < -0.4 is 79.6 Å². The Hall–Kier alpha value is -9.75. The van der Waals surface area contributed by atoms with Gasteiger partial charge in [0.1, 0.15) is 0 Å². The van der Waals surface area contributed by atoms with Crippen LogP contribution in [0, 0.1) is 0 Å². The molecule has 0 aliphatic carbocycles. The van der Waals surface area contributed by atoms with Crippen molar-refractivity contribution in [2.75, 3.05) is 25.2 Å². The van der Waals surface area contributed by atoms with E-state index < -0.39 is 34.2 Å². The van der Waals surface area contributed by atoms with Crippen LogP contribution in [0.1, 0.15) is 53.9 Å². The molecule has 0 aliphatic heterocycles. The van der Waals surface area contributed by atoms with Crippen LogP contribution >= 0.6 is 34.2 Å². The average Bonchev–Trinajstić information content (AvgIpc) is 0.698. The van der Waals surface area contributed by atoms with Crippen LogP contribution in [0.3, 0.4) is 0 Å². The summed E-state index contributed by atoms with van der Waals surface area (Å²) in [6.07, 6.45) is 5.19. The van der Waals surface area contributed by atoms with Gasteiger partial charge in [0.15, 0.2) is 0 Å². The topological polar surface area (TPSA) is 101 Å². The number of hydrogen-bond donors (Lipinski definition) is 5. The summed E-state index contributed by atoms with van der Waals surface area (Å²) in [7, 11) is 0. The summed E-state index contributed by atoms with van der Waals surface area (Å²) in [6.45, 7) is -4.49. The first-order valence-corrected chi connectivity index (χ1v) is 51.5. The van der Waals surface area contributed by atoms with E-state index in [2.05, 4.69) is 180 Å². The number of rotatable bonds is 22. The van der Waals surface area contributed by atoms with Gasteiger partial charge >= 0.3 is 678 Å². The predicted molar refractivity (Wildman–Crippen MR) is 503 cm³/mol. The molecule has 0 spiro atoms. The van der Waals surface area contributed by atoms with Gasteiger partial charge in [0.25, 0.3) is 0 Å². The van der Waals surface area contributed by atoms with Gasteiger partial charge in [-0.25, -0.2) is 0 Å². The predicted octanol–water partition coefficient (Wildman–Crippen LogP) is 18.4. The quantitative estimate of drug-likeness (QED) is 0.0435. The van der Waals surface area contributed by atoms with Gasteiger partial charge in [-0.15, -0.1) is 0 Å². The summed E-state index contributed by atoms with van der Waals surface area (Å²) in [4.78, 5) is 62.1. The molecule has 0 radical (unpaired) electrons. The Kier molecular flexibility index (Phi) is 27.3. The van der Waals surface area contributed by atoms with Crippen molar-refractivity contribution in [2.45, 2.75) is 59.5 Å². The maximum atomic E-state index is 12.6. The summed E-state index contributed by atoms with van der Waals surface area (Å²) in [5.74, 6) is 0. The van der Waals surface area contributed by atoms with E-state index in [1.54, 1.807) is 0 Å². The van der Waals surface area contributed by atoms with Crippen LogP contribution in [0.25, 0.3) is 0 Å². The molecule has 0 amide bonds. The molecule has 578 valence electrons. The van der Waals surface area contributed by atoms with Crippen molar-refractivity contribution in [3.63, 3.8) is 0 Å². The Morgan fingerprint density at radius 3 is 0.496 bits per heavy atom. The fourth-order valence-electron chi connectivity index (χ4n) is 16.7. The Labute approximate surface area is 673 Å². The second-order valence-electron chi connectivity index (χ2n) is 29.6. The van der Waals surface area contributed by atoms with Crippen LogP contribution in [-0.2, 0) is 0 Å². The fraction of sp³-hybridized carbons (Fsp3) is 0.126. The van der Waals surface area contributed by atoms with E-state index in [0.29, 0.717) is 6.16 Å². The molecule has 0 heterocycles. The van der Waals surface area contributed by atoms with Crippen LogP contribution in [0.5, 0.6) is 0 Å². The average molecular weight is 1580 g/mol. The van der Waals surface area contributed by atoms with E-state index in [0.717, 1.165) is 111 Å². The molecule has 0 aliphatic rings. The Bertz CT molecular complexity index is 4830. The maximum absolute atomic E-state index is 12.6. The van der Waals surface area contributed by atoms with Gasteiger partial charge in [-0.05, 0) is 0 Å². The molecular weight excluding hydrogens is 1470 g/mol. The van der Waals surface area contributed by atoms with Gasteiger partial charge in [-0.2, -0.15) is 0 Å². The molecule has 5 nitrogen and oxygen atoms in total. The van der Waals surface area contributed by atoms with E-state index in [9.17, 15) is 24.5 Å². The Morgan fingerprint density at radius 1 is 0.195 bits per heavy atom. The third-order valence-corrected chi connectivity index (χ3v) is 50.2. The van der Waals surface area contributed by atoms with E-state index in [-0.39, 0.29) is 5.66 Å². The van der Waals surface area contributed by atoms with Crippen molar-refractivity contribution in [1.82, 2.24) is 0 Å². The summed E-state index contributed by atoms with van der Waals surface area (Å²) in [6, 6.07) is 152. The number of hydrogen-bond acceptors (Lipinski definition) is 5. The zero-order valence-corrected chi connectivity index (χ0v) is 70.6. The van der Waals surface area contributed by atoms with Crippen LogP contribution in [0.2, 0.25) is 0 Å². The van der Waals surface area contributed by atoms with Crippen molar-refractivity contribution in [2.24, 2.45) is 0 Å². The molecule has 0 saturated carbocycles. The van der Waals surface area contributed by atoms with Crippen molar-refractivity contribution >= 4 is 114 Å². The molecule has 0 saturated heterocycles. The molecular formula is C103H111O5P5. The third-order valence-electron chi connectivity index (χ3n) is 23.0. The van der Waals surface area contributed by atoms with E-state index in [1.165, 1.54) is 0 Å². The van der Waals surface area contributed by atoms with E-state index >= 15 is 0 Å². The molecule has 15 aromatic rings. The van der Waals surface area contributed by atoms with Gasteiger partial charge in [0, 0.05) is 0 Å². The second kappa shape index (κ2) is 36.6. The van der Waals surface area contributed by atoms with E-state index in [4.69, 9.17) is 0 Å². The first-order valence-electron chi connectivity index (χ1n) is 39.4. The summed E-state index contributed by atoms with van der Waals surface area (Å²) in [5, 5.41) is 15.4. The van der Waals surface area contributed by atoms with Crippen molar-refractivity contribution in [3.8, 4) is 0 Å². The summed E-state index contributed by atoms with van der Waals surface area (Å²) < 4.78 is 0. The number of benzene rings is 15. The molecule has 5 N–H and O–H groups in total. The van der Waals surface area contributed by atoms with Gasteiger partial charge in [-0.3, -0.25) is 0 Å². The third kappa shape index (κ3) is 16.0. The monoisotopic (exact) mass is 1580 g/mol. The van der Waals surface area contributed by atoms with Crippen LogP contribution in [0.4, 0.5) is 0 Å². The first kappa shape index (κ1) is 84.2. The van der Waals surface area contributed by atoms with Gasteiger partial charge in [0.05, 0.1) is 0 Å². The molecule has 15 aromatic carbocycles. The zero-order valence-electron chi connectivity index (χ0n) is 66.1. The normalized spacial score (nSPS) is 13.3. The molecule has 0 atom stereocenters. The second-order valence-corrected chi connectivity index (χ2v) is 52.7. The molecule has 15 rings (SSSR count).